The molecule has 0 aromatic heterocycles. The number of ether oxygens (including phenoxy) is 1. The molecule has 0 saturated carbocycles. The second-order valence-corrected chi connectivity index (χ2v) is 9.77. The van der Waals surface area contributed by atoms with Crippen LogP contribution in [0.2, 0.25) is 0 Å². The lowest BCUT2D eigenvalue weighted by Crippen LogP contribution is -2.24. The van der Waals surface area contributed by atoms with Crippen LogP contribution in [0.1, 0.15) is 5.56 Å². The predicted molar refractivity (Wildman–Crippen MR) is 128 cm³/mol. The van der Waals surface area contributed by atoms with Crippen LogP contribution < -0.4 is 20.7 Å². The zero-order chi connectivity index (χ0) is 19.9. The van der Waals surface area contributed by atoms with Crippen LogP contribution in [0, 0.1) is 0 Å². The molecule has 0 fully saturated rings. The molecule has 0 spiro atoms. The third-order valence-corrected chi connectivity index (χ3v) is 8.36. The van der Waals surface area contributed by atoms with Gasteiger partial charge in [0.15, 0.2) is 0 Å². The van der Waals surface area contributed by atoms with E-state index in [-0.39, 0.29) is 0 Å². The standard InChI is InChI=1S/C26H23OPS/c1-27-24-17-9-11-19-26(24)28(22-13-4-2-5-14-22)25-18-10-8-12-21(25)20-29-23-15-6-3-7-16-23/h2-19H,20H2,1H3. The van der Waals surface area contributed by atoms with Crippen molar-refractivity contribution in [2.45, 2.75) is 10.6 Å². The van der Waals surface area contributed by atoms with Crippen LogP contribution in [0.5, 0.6) is 5.75 Å². The fourth-order valence-corrected chi connectivity index (χ4v) is 6.94. The van der Waals surface area contributed by atoms with Gasteiger partial charge in [-0.3, -0.25) is 0 Å². The Bertz CT molecular complexity index is 1050. The summed E-state index contributed by atoms with van der Waals surface area (Å²) in [6.07, 6.45) is 0. The molecular weight excluding hydrogens is 391 g/mol. The first-order valence-corrected chi connectivity index (χ1v) is 11.9. The van der Waals surface area contributed by atoms with Crippen LogP contribution in [-0.4, -0.2) is 7.11 Å². The van der Waals surface area contributed by atoms with Crippen molar-refractivity contribution in [3.8, 4) is 5.75 Å². The average molecular weight is 415 g/mol. The zero-order valence-corrected chi connectivity index (χ0v) is 18.1. The van der Waals surface area contributed by atoms with Gasteiger partial charge in [-0.1, -0.05) is 91.0 Å². The molecule has 0 N–H and O–H groups in total. The van der Waals surface area contributed by atoms with Crippen LogP contribution in [0.4, 0.5) is 0 Å². The third-order valence-electron chi connectivity index (χ3n) is 4.71. The van der Waals surface area contributed by atoms with Gasteiger partial charge in [0.1, 0.15) is 5.75 Å². The van der Waals surface area contributed by atoms with Crippen molar-refractivity contribution in [3.63, 3.8) is 0 Å². The largest absolute Gasteiger partial charge is 0.496 e. The summed E-state index contributed by atoms with van der Waals surface area (Å²) in [5.41, 5.74) is 1.38. The first kappa shape index (κ1) is 19.8. The maximum atomic E-state index is 5.75. The van der Waals surface area contributed by atoms with E-state index in [0.717, 1.165) is 11.5 Å². The monoisotopic (exact) mass is 414 g/mol. The molecule has 0 amide bonds. The van der Waals surface area contributed by atoms with E-state index in [1.807, 2.05) is 17.8 Å². The lowest BCUT2D eigenvalue weighted by atomic mass is 10.2. The van der Waals surface area contributed by atoms with Gasteiger partial charge in [-0.15, -0.1) is 11.8 Å². The van der Waals surface area contributed by atoms with E-state index in [4.69, 9.17) is 4.74 Å². The van der Waals surface area contributed by atoms with Gasteiger partial charge in [0, 0.05) is 16.0 Å². The van der Waals surface area contributed by atoms with Gasteiger partial charge in [0.05, 0.1) is 7.11 Å². The number of hydrogen-bond donors (Lipinski definition) is 0. The average Bonchev–Trinajstić information content (AvgIpc) is 2.80. The normalized spacial score (nSPS) is 11.8. The van der Waals surface area contributed by atoms with Gasteiger partial charge in [0.25, 0.3) is 0 Å². The second kappa shape index (κ2) is 9.78. The topological polar surface area (TPSA) is 9.23 Å². The second-order valence-electron chi connectivity index (χ2n) is 6.57. The minimum Gasteiger partial charge on any atom is -0.496 e. The molecule has 0 saturated heterocycles. The Balaban J connectivity index is 1.77. The lowest BCUT2D eigenvalue weighted by Gasteiger charge is -2.24. The quantitative estimate of drug-likeness (QED) is 0.281. The van der Waals surface area contributed by atoms with Gasteiger partial charge in [0.2, 0.25) is 0 Å². The van der Waals surface area contributed by atoms with E-state index in [0.29, 0.717) is 0 Å². The van der Waals surface area contributed by atoms with Crippen molar-refractivity contribution in [3.05, 3.63) is 115 Å². The predicted octanol–water partition coefficient (Wildman–Crippen LogP) is 5.75. The zero-order valence-electron chi connectivity index (χ0n) is 16.4. The summed E-state index contributed by atoms with van der Waals surface area (Å²) in [4.78, 5) is 1.30. The van der Waals surface area contributed by atoms with Gasteiger partial charge >= 0.3 is 0 Å². The molecule has 3 heteroatoms. The molecule has 0 radical (unpaired) electrons. The smallest absolute Gasteiger partial charge is 0.127 e. The highest BCUT2D eigenvalue weighted by molar-refractivity contribution is 7.98. The summed E-state index contributed by atoms with van der Waals surface area (Å²) in [6.45, 7) is 0. The highest BCUT2D eigenvalue weighted by Crippen LogP contribution is 2.38. The summed E-state index contributed by atoms with van der Waals surface area (Å²) >= 11 is 1.88. The Morgan fingerprint density at radius 1 is 0.655 bits per heavy atom. The van der Waals surface area contributed by atoms with Gasteiger partial charge in [-0.2, -0.15) is 0 Å². The molecular formula is C26H23OPS. The van der Waals surface area contributed by atoms with Crippen molar-refractivity contribution in [1.29, 1.82) is 0 Å². The van der Waals surface area contributed by atoms with E-state index in [1.54, 1.807) is 7.11 Å². The Labute approximate surface area is 178 Å². The molecule has 1 nitrogen and oxygen atoms in total. The molecule has 1 atom stereocenters. The summed E-state index contributed by atoms with van der Waals surface area (Å²) < 4.78 is 5.75. The number of methoxy groups -OCH3 is 1. The van der Waals surface area contributed by atoms with Gasteiger partial charge in [-0.05, 0) is 42.3 Å². The van der Waals surface area contributed by atoms with Gasteiger partial charge in [-0.25, -0.2) is 0 Å². The third kappa shape index (κ3) is 4.72. The van der Waals surface area contributed by atoms with Gasteiger partial charge < -0.3 is 4.74 Å². The maximum Gasteiger partial charge on any atom is 0.127 e. The number of hydrogen-bond acceptors (Lipinski definition) is 2. The molecule has 0 aliphatic heterocycles. The van der Waals surface area contributed by atoms with Crippen LogP contribution in [0.25, 0.3) is 0 Å². The summed E-state index contributed by atoms with van der Waals surface area (Å²) in [6, 6.07) is 38.7. The van der Waals surface area contributed by atoms with E-state index >= 15 is 0 Å². The Morgan fingerprint density at radius 3 is 1.97 bits per heavy atom. The van der Waals surface area contributed by atoms with Crippen molar-refractivity contribution in [2.24, 2.45) is 0 Å². The fraction of sp³-hybridized carbons (Fsp3) is 0.0769. The molecule has 4 rings (SSSR count). The number of para-hydroxylation sites is 1. The lowest BCUT2D eigenvalue weighted by molar-refractivity contribution is 0.418. The highest BCUT2D eigenvalue weighted by atomic mass is 32.2. The first-order valence-electron chi connectivity index (χ1n) is 9.61. The van der Waals surface area contributed by atoms with E-state index in [2.05, 4.69) is 103 Å². The van der Waals surface area contributed by atoms with E-state index in [9.17, 15) is 0 Å². The van der Waals surface area contributed by atoms with Crippen molar-refractivity contribution in [1.82, 2.24) is 0 Å². The Morgan fingerprint density at radius 2 is 1.24 bits per heavy atom. The molecule has 4 aromatic rings. The SMILES string of the molecule is COc1ccccc1P(c1ccccc1)c1ccccc1CSc1ccccc1. The minimum atomic E-state index is -0.712. The molecule has 0 aliphatic carbocycles. The van der Waals surface area contributed by atoms with Crippen LogP contribution in [0.3, 0.4) is 0 Å². The van der Waals surface area contributed by atoms with Crippen LogP contribution in [0.15, 0.2) is 114 Å². The summed E-state index contributed by atoms with van der Waals surface area (Å²) in [5.74, 6) is 1.90. The van der Waals surface area contributed by atoms with Crippen molar-refractivity contribution in [2.75, 3.05) is 7.11 Å². The summed E-state index contributed by atoms with van der Waals surface area (Å²) in [7, 11) is 1.05. The number of rotatable bonds is 7. The van der Waals surface area contributed by atoms with E-state index in [1.165, 1.54) is 26.4 Å². The maximum absolute atomic E-state index is 5.75. The molecule has 1 unspecified atom stereocenters. The van der Waals surface area contributed by atoms with Crippen molar-refractivity contribution >= 4 is 35.6 Å². The summed E-state index contributed by atoms with van der Waals surface area (Å²) in [5, 5.41) is 3.99. The highest BCUT2D eigenvalue weighted by Gasteiger charge is 2.22. The first-order chi connectivity index (χ1) is 14.4. The molecule has 0 bridgehead atoms. The molecule has 0 heterocycles. The fourth-order valence-electron chi connectivity index (χ4n) is 3.33. The van der Waals surface area contributed by atoms with Crippen LogP contribution >= 0.6 is 19.7 Å². The minimum absolute atomic E-state index is 0.712. The number of benzene rings is 4. The molecule has 4 aromatic carbocycles. The Hall–Kier alpha value is -2.54. The van der Waals surface area contributed by atoms with Crippen molar-refractivity contribution < 1.29 is 4.74 Å². The van der Waals surface area contributed by atoms with Crippen LogP contribution in [-0.2, 0) is 5.75 Å². The number of thioether (sulfide) groups is 1. The molecule has 29 heavy (non-hydrogen) atoms. The molecule has 144 valence electrons. The Kier molecular flexibility index (Phi) is 6.67. The molecule has 0 aliphatic rings. The van der Waals surface area contributed by atoms with E-state index < -0.39 is 7.92 Å².